The first-order chi connectivity index (χ1) is 17.0. The minimum absolute atomic E-state index is 0.0455. The Morgan fingerprint density at radius 1 is 1.06 bits per heavy atom. The van der Waals surface area contributed by atoms with E-state index in [0.29, 0.717) is 17.9 Å². The fourth-order valence-corrected chi connectivity index (χ4v) is 9.22. The molecule has 0 N–H and O–H groups in total. The van der Waals surface area contributed by atoms with Crippen molar-refractivity contribution in [3.05, 3.63) is 46.6 Å². The van der Waals surface area contributed by atoms with Gasteiger partial charge in [0.2, 0.25) is 5.79 Å². The van der Waals surface area contributed by atoms with Crippen molar-refractivity contribution in [3.63, 3.8) is 0 Å². The number of carbonyl (C=O) groups excluding carboxylic acids is 2. The summed E-state index contributed by atoms with van der Waals surface area (Å²) < 4.78 is 25.5. The first-order valence-electron chi connectivity index (χ1n) is 13.6. The highest BCUT2D eigenvalue weighted by Gasteiger charge is 2.76. The lowest BCUT2D eigenvalue weighted by Gasteiger charge is -2.58. The van der Waals surface area contributed by atoms with Crippen LogP contribution in [-0.2, 0) is 28.5 Å². The summed E-state index contributed by atoms with van der Waals surface area (Å²) in [7, 11) is 0. The largest absolute Gasteiger partial charge is 0.456 e. The maximum atomic E-state index is 12.6. The van der Waals surface area contributed by atoms with Gasteiger partial charge in [0.15, 0.2) is 6.29 Å². The van der Waals surface area contributed by atoms with E-state index in [-0.39, 0.29) is 40.7 Å². The molecule has 3 aliphatic carbocycles. The summed E-state index contributed by atoms with van der Waals surface area (Å²) in [5.74, 6) is -0.927. The van der Waals surface area contributed by atoms with E-state index in [1.54, 1.807) is 13.0 Å². The molecule has 2 saturated heterocycles. The molecule has 2 bridgehead atoms. The molecule has 0 radical (unpaired) electrons. The van der Waals surface area contributed by atoms with Gasteiger partial charge in [0, 0.05) is 35.3 Å². The van der Waals surface area contributed by atoms with Gasteiger partial charge in [-0.15, -0.1) is 0 Å². The fraction of sp³-hybridized carbons (Fsp3) is 0.667. The number of esters is 2. The van der Waals surface area contributed by atoms with Gasteiger partial charge in [0.25, 0.3) is 0 Å². The molecule has 192 valence electrons. The number of rotatable bonds is 0. The van der Waals surface area contributed by atoms with Crippen LogP contribution in [0.1, 0.15) is 73.1 Å². The summed E-state index contributed by atoms with van der Waals surface area (Å²) >= 11 is 0. The third kappa shape index (κ3) is 2.65. The predicted octanol–water partition coefficient (Wildman–Crippen LogP) is 5.30. The third-order valence-electron chi connectivity index (χ3n) is 11.1. The molecule has 3 fully saturated rings. The first kappa shape index (κ1) is 23.0. The normalized spacial score (nSPS) is 48.2. The SMILES string of the molecule is CC1=CCC2(OC1=O)OC1OC3CC14C(CCC4(C)C1=C3C=C3C=CC(=O)OC(C)(C)C3CC1)C2C. The fourth-order valence-electron chi connectivity index (χ4n) is 9.22. The molecule has 0 aromatic rings. The molecule has 0 amide bonds. The molecule has 36 heavy (non-hydrogen) atoms. The molecule has 8 unspecified atom stereocenters. The van der Waals surface area contributed by atoms with E-state index in [1.165, 1.54) is 11.1 Å². The Hall–Kier alpha value is -2.18. The van der Waals surface area contributed by atoms with E-state index in [4.69, 9.17) is 18.9 Å². The van der Waals surface area contributed by atoms with Crippen molar-refractivity contribution in [1.82, 2.24) is 0 Å². The van der Waals surface area contributed by atoms with E-state index >= 15 is 0 Å². The number of allylic oxidation sites excluding steroid dienone is 2. The second-order valence-corrected chi connectivity index (χ2v) is 12.9. The van der Waals surface area contributed by atoms with Crippen LogP contribution in [0.2, 0.25) is 0 Å². The van der Waals surface area contributed by atoms with Crippen LogP contribution in [0.3, 0.4) is 0 Å². The number of carbonyl (C=O) groups is 2. The molecular formula is C30H36O6. The molecule has 6 heteroatoms. The highest BCUT2D eigenvalue weighted by atomic mass is 16.8. The van der Waals surface area contributed by atoms with E-state index in [1.807, 2.05) is 26.0 Å². The van der Waals surface area contributed by atoms with Crippen LogP contribution in [0.25, 0.3) is 0 Å². The number of cyclic esters (lactones) is 1. The highest BCUT2D eigenvalue weighted by molar-refractivity contribution is 5.88. The molecule has 1 saturated carbocycles. The molecular weight excluding hydrogens is 456 g/mol. The monoisotopic (exact) mass is 492 g/mol. The molecule has 8 atom stereocenters. The molecule has 2 spiro atoms. The molecule has 0 aromatic heterocycles. The van der Waals surface area contributed by atoms with Gasteiger partial charge in [0.05, 0.1) is 6.10 Å². The van der Waals surface area contributed by atoms with Crippen molar-refractivity contribution < 1.29 is 28.5 Å². The third-order valence-corrected chi connectivity index (χ3v) is 11.1. The molecule has 7 aliphatic rings. The molecule has 7 rings (SSSR count). The Kier molecular flexibility index (Phi) is 4.48. The van der Waals surface area contributed by atoms with Crippen LogP contribution >= 0.6 is 0 Å². The van der Waals surface area contributed by atoms with E-state index in [0.717, 1.165) is 37.7 Å². The van der Waals surface area contributed by atoms with Crippen molar-refractivity contribution >= 4 is 11.9 Å². The zero-order chi connectivity index (χ0) is 25.3. The lowest BCUT2D eigenvalue weighted by molar-refractivity contribution is -0.373. The van der Waals surface area contributed by atoms with Crippen molar-refractivity contribution in [3.8, 4) is 0 Å². The van der Waals surface area contributed by atoms with Crippen molar-refractivity contribution in [1.29, 1.82) is 0 Å². The van der Waals surface area contributed by atoms with Crippen molar-refractivity contribution in [2.75, 3.05) is 0 Å². The second kappa shape index (κ2) is 7.02. The van der Waals surface area contributed by atoms with E-state index in [9.17, 15) is 9.59 Å². The Balaban J connectivity index is 1.33. The maximum absolute atomic E-state index is 12.6. The predicted molar refractivity (Wildman–Crippen MR) is 131 cm³/mol. The Morgan fingerprint density at radius 3 is 2.64 bits per heavy atom. The van der Waals surface area contributed by atoms with Gasteiger partial charge in [-0.2, -0.15) is 0 Å². The Morgan fingerprint density at radius 2 is 1.86 bits per heavy atom. The van der Waals surface area contributed by atoms with Gasteiger partial charge in [0.1, 0.15) is 5.60 Å². The summed E-state index contributed by atoms with van der Waals surface area (Å²) in [6, 6.07) is 0. The van der Waals surface area contributed by atoms with Crippen LogP contribution in [0, 0.1) is 28.6 Å². The average molecular weight is 493 g/mol. The highest BCUT2D eigenvalue weighted by Crippen LogP contribution is 2.76. The van der Waals surface area contributed by atoms with E-state index < -0.39 is 17.7 Å². The summed E-state index contributed by atoms with van der Waals surface area (Å²) in [5, 5.41) is 0. The number of ether oxygens (including phenoxy) is 4. The first-order valence-corrected chi connectivity index (χ1v) is 13.6. The molecule has 4 heterocycles. The summed E-state index contributed by atoms with van der Waals surface area (Å²) in [4.78, 5) is 24.9. The van der Waals surface area contributed by atoms with Crippen molar-refractivity contribution in [2.45, 2.75) is 96.9 Å². The van der Waals surface area contributed by atoms with Crippen LogP contribution in [0.5, 0.6) is 0 Å². The zero-order valence-corrected chi connectivity index (χ0v) is 21.9. The number of hydrogen-bond donors (Lipinski definition) is 0. The van der Waals surface area contributed by atoms with Gasteiger partial charge in [-0.05, 0) is 75.4 Å². The van der Waals surface area contributed by atoms with Gasteiger partial charge >= 0.3 is 11.9 Å². The van der Waals surface area contributed by atoms with Gasteiger partial charge in [-0.3, -0.25) is 0 Å². The summed E-state index contributed by atoms with van der Waals surface area (Å²) in [6.07, 6.45) is 12.9. The zero-order valence-electron chi connectivity index (χ0n) is 21.9. The lowest BCUT2D eigenvalue weighted by atomic mass is 9.51. The molecule has 4 aliphatic heterocycles. The maximum Gasteiger partial charge on any atom is 0.335 e. The lowest BCUT2D eigenvalue weighted by Crippen LogP contribution is -2.63. The van der Waals surface area contributed by atoms with Crippen LogP contribution < -0.4 is 0 Å². The van der Waals surface area contributed by atoms with Crippen LogP contribution in [0.4, 0.5) is 0 Å². The van der Waals surface area contributed by atoms with Crippen LogP contribution in [0.15, 0.2) is 46.6 Å². The minimum Gasteiger partial charge on any atom is -0.456 e. The van der Waals surface area contributed by atoms with E-state index in [2.05, 4.69) is 19.9 Å². The Bertz CT molecular complexity index is 1200. The summed E-state index contributed by atoms with van der Waals surface area (Å²) in [6.45, 7) is 10.5. The number of fused-ring (bicyclic) bond motifs is 4. The van der Waals surface area contributed by atoms with Gasteiger partial charge in [-0.1, -0.05) is 37.6 Å². The topological polar surface area (TPSA) is 71.1 Å². The standard InChI is InChI=1S/C30H36O6/c1-16-10-13-30(35-25(16)32)17(2)20-11-12-28(5)22-8-7-21-18(6-9-24(31)34-27(21,3)4)14-19(22)23-15-29(20,28)26(33-23)36-30/h6,9-10,14,17,20-21,23,26H,7-8,11-13,15H2,1-5H3. The van der Waals surface area contributed by atoms with Gasteiger partial charge < -0.3 is 18.9 Å². The van der Waals surface area contributed by atoms with Crippen LogP contribution in [-0.4, -0.2) is 35.7 Å². The van der Waals surface area contributed by atoms with Crippen molar-refractivity contribution in [2.24, 2.45) is 28.6 Å². The average Bonchev–Trinajstić information content (AvgIpc) is 3.19. The second-order valence-electron chi connectivity index (χ2n) is 12.9. The summed E-state index contributed by atoms with van der Waals surface area (Å²) in [5.41, 5.74) is 3.84. The Labute approximate surface area is 212 Å². The molecule has 6 nitrogen and oxygen atoms in total. The number of hydrogen-bond acceptors (Lipinski definition) is 6. The quantitative estimate of drug-likeness (QED) is 0.428. The smallest absolute Gasteiger partial charge is 0.335 e. The van der Waals surface area contributed by atoms with Gasteiger partial charge in [-0.25, -0.2) is 9.59 Å². The molecule has 0 aromatic carbocycles. The minimum atomic E-state index is -0.952.